The number of rotatable bonds is 0. The van der Waals surface area contributed by atoms with E-state index in [1.807, 2.05) is 24.3 Å². The molecule has 4 nitrogen and oxygen atoms in total. The van der Waals surface area contributed by atoms with Gasteiger partial charge in [0.05, 0.1) is 11.4 Å². The average Bonchev–Trinajstić information content (AvgIpc) is 2.18. The summed E-state index contributed by atoms with van der Waals surface area (Å²) in [6.45, 7) is 0. The maximum absolute atomic E-state index is 5.66. The maximum Gasteiger partial charge on any atom is 0.198 e. The van der Waals surface area contributed by atoms with Crippen LogP contribution >= 0.6 is 17.0 Å². The van der Waals surface area contributed by atoms with E-state index in [1.54, 1.807) is 0 Å². The Morgan fingerprint density at radius 2 is 1.75 bits per heavy atom. The Balaban J connectivity index is 0.000000640. The Morgan fingerprint density at radius 1 is 1.06 bits per heavy atom. The standard InChI is InChI=1S/C11H9N3.BrH.H2O/c12-11-13-8-5-1-3-7-4-2-6-9(14-11)10(7)8;;/h1-6H,(H3,12,13,14);1H;1H2. The molecular formula is C11H12BrN3O. The van der Waals surface area contributed by atoms with Crippen LogP contribution < -0.4 is 11.1 Å². The largest absolute Gasteiger partial charge is 0.412 e. The van der Waals surface area contributed by atoms with Crippen LogP contribution in [0.15, 0.2) is 41.4 Å². The lowest BCUT2D eigenvalue weighted by molar-refractivity contribution is 0.824. The first-order valence-electron chi connectivity index (χ1n) is 4.47. The van der Waals surface area contributed by atoms with Crippen molar-refractivity contribution < 1.29 is 5.48 Å². The molecule has 5 N–H and O–H groups in total. The van der Waals surface area contributed by atoms with Gasteiger partial charge < -0.3 is 16.5 Å². The molecule has 0 spiro atoms. The molecule has 84 valence electrons. The summed E-state index contributed by atoms with van der Waals surface area (Å²) in [5, 5.41) is 5.38. The smallest absolute Gasteiger partial charge is 0.198 e. The molecule has 0 bridgehead atoms. The molecule has 1 heterocycles. The number of anilines is 1. The average molecular weight is 282 g/mol. The summed E-state index contributed by atoms with van der Waals surface area (Å²) in [7, 11) is 0. The lowest BCUT2D eigenvalue weighted by Gasteiger charge is -2.15. The van der Waals surface area contributed by atoms with E-state index in [0.29, 0.717) is 5.96 Å². The van der Waals surface area contributed by atoms with E-state index < -0.39 is 0 Å². The molecule has 0 aromatic heterocycles. The molecule has 0 amide bonds. The van der Waals surface area contributed by atoms with Crippen LogP contribution in [0, 0.1) is 0 Å². The van der Waals surface area contributed by atoms with Gasteiger partial charge in [-0.3, -0.25) is 0 Å². The van der Waals surface area contributed by atoms with Crippen LogP contribution in [-0.4, -0.2) is 11.4 Å². The van der Waals surface area contributed by atoms with E-state index in [-0.39, 0.29) is 22.5 Å². The van der Waals surface area contributed by atoms with Crippen LogP contribution in [0.3, 0.4) is 0 Å². The Bertz CT molecular complexity index is 549. The minimum Gasteiger partial charge on any atom is -0.412 e. The van der Waals surface area contributed by atoms with Gasteiger partial charge in [0.25, 0.3) is 0 Å². The van der Waals surface area contributed by atoms with Crippen molar-refractivity contribution in [1.82, 2.24) is 0 Å². The first-order valence-corrected chi connectivity index (χ1v) is 4.47. The van der Waals surface area contributed by atoms with Crippen LogP contribution in [0.4, 0.5) is 11.4 Å². The summed E-state index contributed by atoms with van der Waals surface area (Å²) in [6, 6.07) is 12.1. The summed E-state index contributed by atoms with van der Waals surface area (Å²) in [6.07, 6.45) is 0. The van der Waals surface area contributed by atoms with Crippen molar-refractivity contribution in [3.63, 3.8) is 0 Å². The van der Waals surface area contributed by atoms with Crippen molar-refractivity contribution >= 4 is 45.1 Å². The zero-order chi connectivity index (χ0) is 9.54. The second-order valence-corrected chi connectivity index (χ2v) is 3.30. The predicted octanol–water partition coefficient (Wildman–Crippen LogP) is 1.96. The molecular weight excluding hydrogens is 270 g/mol. The van der Waals surface area contributed by atoms with Crippen molar-refractivity contribution in [2.24, 2.45) is 10.7 Å². The van der Waals surface area contributed by atoms with Crippen LogP contribution in [0.5, 0.6) is 0 Å². The van der Waals surface area contributed by atoms with Gasteiger partial charge in [-0.15, -0.1) is 17.0 Å². The van der Waals surface area contributed by atoms with Gasteiger partial charge in [0, 0.05) is 5.39 Å². The fourth-order valence-electron chi connectivity index (χ4n) is 1.81. The third kappa shape index (κ3) is 1.75. The fourth-order valence-corrected chi connectivity index (χ4v) is 1.81. The first kappa shape index (κ1) is 12.5. The molecule has 0 unspecified atom stereocenters. The van der Waals surface area contributed by atoms with E-state index in [0.717, 1.165) is 16.8 Å². The lowest BCUT2D eigenvalue weighted by atomic mass is 10.1. The summed E-state index contributed by atoms with van der Waals surface area (Å²) >= 11 is 0. The van der Waals surface area contributed by atoms with Crippen molar-refractivity contribution in [3.05, 3.63) is 36.4 Å². The van der Waals surface area contributed by atoms with E-state index >= 15 is 0 Å². The molecule has 0 aliphatic carbocycles. The predicted molar refractivity (Wildman–Crippen MR) is 72.8 cm³/mol. The molecule has 3 rings (SSSR count). The van der Waals surface area contributed by atoms with Crippen molar-refractivity contribution in [2.75, 3.05) is 5.32 Å². The minimum absolute atomic E-state index is 0. The molecule has 0 atom stereocenters. The molecule has 16 heavy (non-hydrogen) atoms. The van der Waals surface area contributed by atoms with Crippen LogP contribution in [0.1, 0.15) is 0 Å². The van der Waals surface area contributed by atoms with E-state index in [9.17, 15) is 0 Å². The molecule has 1 aliphatic heterocycles. The lowest BCUT2D eigenvalue weighted by Crippen LogP contribution is -2.23. The number of nitrogens with two attached hydrogens (primary N) is 1. The Morgan fingerprint density at radius 3 is 2.50 bits per heavy atom. The van der Waals surface area contributed by atoms with Gasteiger partial charge in [-0.25, -0.2) is 4.99 Å². The van der Waals surface area contributed by atoms with E-state index in [4.69, 9.17) is 5.73 Å². The van der Waals surface area contributed by atoms with Crippen molar-refractivity contribution in [2.45, 2.75) is 0 Å². The molecule has 0 saturated heterocycles. The first-order chi connectivity index (χ1) is 6.84. The van der Waals surface area contributed by atoms with Gasteiger partial charge in [0.1, 0.15) is 0 Å². The second-order valence-electron chi connectivity index (χ2n) is 3.30. The highest BCUT2D eigenvalue weighted by molar-refractivity contribution is 8.93. The Kier molecular flexibility index (Phi) is 3.51. The van der Waals surface area contributed by atoms with E-state index in [2.05, 4.69) is 22.4 Å². The van der Waals surface area contributed by atoms with Crippen molar-refractivity contribution in [1.29, 1.82) is 0 Å². The third-order valence-corrected chi connectivity index (χ3v) is 2.39. The number of nitrogens with zero attached hydrogens (tertiary/aromatic N) is 1. The van der Waals surface area contributed by atoms with Gasteiger partial charge in [-0.1, -0.05) is 24.3 Å². The summed E-state index contributed by atoms with van der Waals surface area (Å²) < 4.78 is 0. The number of halogens is 1. The minimum atomic E-state index is 0. The molecule has 2 aromatic carbocycles. The molecule has 0 saturated carbocycles. The summed E-state index contributed by atoms with van der Waals surface area (Å²) in [5.41, 5.74) is 7.64. The van der Waals surface area contributed by atoms with Crippen LogP contribution in [0.2, 0.25) is 0 Å². The van der Waals surface area contributed by atoms with Gasteiger partial charge >= 0.3 is 0 Å². The zero-order valence-corrected chi connectivity index (χ0v) is 10.1. The maximum atomic E-state index is 5.66. The topological polar surface area (TPSA) is 81.9 Å². The highest BCUT2D eigenvalue weighted by Crippen LogP contribution is 2.34. The number of hydrogen-bond donors (Lipinski definition) is 2. The quantitative estimate of drug-likeness (QED) is 0.774. The molecule has 5 heteroatoms. The zero-order valence-electron chi connectivity index (χ0n) is 8.40. The number of aliphatic imine (C=N–C) groups is 1. The Hall–Kier alpha value is -1.59. The fraction of sp³-hybridized carbons (Fsp3) is 0. The number of guanidine groups is 1. The highest BCUT2D eigenvalue weighted by atomic mass is 79.9. The molecule has 0 radical (unpaired) electrons. The SMILES string of the molecule is Br.NC1=Nc2cccc3cccc(c23)N1.O. The molecule has 2 aromatic rings. The normalized spacial score (nSPS) is 11.9. The third-order valence-electron chi connectivity index (χ3n) is 2.39. The van der Waals surface area contributed by atoms with Crippen LogP contribution in [0.25, 0.3) is 10.8 Å². The van der Waals surface area contributed by atoms with Gasteiger partial charge in [-0.2, -0.15) is 0 Å². The summed E-state index contributed by atoms with van der Waals surface area (Å²) in [5.74, 6) is 0.455. The molecule has 0 fully saturated rings. The van der Waals surface area contributed by atoms with Gasteiger partial charge in [0.2, 0.25) is 0 Å². The van der Waals surface area contributed by atoms with E-state index in [1.165, 1.54) is 5.39 Å². The van der Waals surface area contributed by atoms with Gasteiger partial charge in [-0.05, 0) is 17.5 Å². The van der Waals surface area contributed by atoms with Crippen molar-refractivity contribution in [3.8, 4) is 0 Å². The van der Waals surface area contributed by atoms with Crippen LogP contribution in [-0.2, 0) is 0 Å². The molecule has 1 aliphatic rings. The Labute approximate surface area is 103 Å². The highest BCUT2D eigenvalue weighted by Gasteiger charge is 2.10. The summed E-state index contributed by atoms with van der Waals surface area (Å²) in [4.78, 5) is 4.25. The number of benzene rings is 2. The van der Waals surface area contributed by atoms with Gasteiger partial charge in [0.15, 0.2) is 5.96 Å². The number of hydrogen-bond acceptors (Lipinski definition) is 3. The monoisotopic (exact) mass is 281 g/mol. The second kappa shape index (κ2) is 4.51. The number of nitrogens with one attached hydrogen (secondary N) is 1.